The number of benzene rings is 2. The van der Waals surface area contributed by atoms with E-state index < -0.39 is 5.97 Å². The average molecular weight is 352 g/mol. The van der Waals surface area contributed by atoms with Crippen molar-refractivity contribution in [3.63, 3.8) is 0 Å². The minimum absolute atomic E-state index is 0.00954. The number of carbonyl (C=O) groups excluding carboxylic acids is 3. The van der Waals surface area contributed by atoms with E-state index in [1.165, 1.54) is 0 Å². The Bertz CT molecular complexity index is 843. The van der Waals surface area contributed by atoms with Gasteiger partial charge in [0.05, 0.1) is 12.2 Å². The molecular weight excluding hydrogens is 332 g/mol. The van der Waals surface area contributed by atoms with Crippen LogP contribution >= 0.6 is 0 Å². The molecular formula is C20H20N2O4. The lowest BCUT2D eigenvalue weighted by Crippen LogP contribution is -2.15. The number of amides is 2. The van der Waals surface area contributed by atoms with Gasteiger partial charge >= 0.3 is 5.97 Å². The molecule has 2 N–H and O–H groups in total. The van der Waals surface area contributed by atoms with E-state index >= 15 is 0 Å². The van der Waals surface area contributed by atoms with Gasteiger partial charge in [-0.05, 0) is 56.2 Å². The van der Waals surface area contributed by atoms with E-state index in [0.29, 0.717) is 22.5 Å². The van der Waals surface area contributed by atoms with Crippen LogP contribution < -0.4 is 10.6 Å². The molecule has 0 spiro atoms. The zero-order chi connectivity index (χ0) is 18.5. The van der Waals surface area contributed by atoms with Crippen molar-refractivity contribution in [3.05, 3.63) is 59.7 Å². The summed E-state index contributed by atoms with van der Waals surface area (Å²) in [5, 5.41) is 5.57. The molecule has 0 aliphatic heterocycles. The van der Waals surface area contributed by atoms with Crippen molar-refractivity contribution in [2.24, 2.45) is 5.92 Å². The number of rotatable bonds is 6. The van der Waals surface area contributed by atoms with Crippen molar-refractivity contribution in [1.29, 1.82) is 0 Å². The van der Waals surface area contributed by atoms with Crippen LogP contribution in [0.3, 0.4) is 0 Å². The molecule has 1 aliphatic carbocycles. The number of nitrogens with one attached hydrogen (secondary N) is 2. The first-order valence-electron chi connectivity index (χ1n) is 8.56. The van der Waals surface area contributed by atoms with E-state index in [2.05, 4.69) is 10.6 Å². The molecule has 0 saturated heterocycles. The number of anilines is 2. The summed E-state index contributed by atoms with van der Waals surface area (Å²) in [5.41, 5.74) is 1.87. The molecule has 26 heavy (non-hydrogen) atoms. The lowest BCUT2D eigenvalue weighted by Gasteiger charge is -2.09. The first kappa shape index (κ1) is 17.7. The van der Waals surface area contributed by atoms with Gasteiger partial charge in [0.2, 0.25) is 5.91 Å². The highest BCUT2D eigenvalue weighted by atomic mass is 16.5. The Labute approximate surface area is 151 Å². The van der Waals surface area contributed by atoms with Gasteiger partial charge in [0, 0.05) is 22.9 Å². The Kier molecular flexibility index (Phi) is 5.31. The SMILES string of the molecule is CCOC(=O)c1cccc(NC(=O)c2cccc(NC(=O)C3CC3)c2)c1. The van der Waals surface area contributed by atoms with E-state index in [-0.39, 0.29) is 24.3 Å². The van der Waals surface area contributed by atoms with E-state index in [9.17, 15) is 14.4 Å². The number of hydrogen-bond donors (Lipinski definition) is 2. The topological polar surface area (TPSA) is 84.5 Å². The van der Waals surface area contributed by atoms with E-state index in [4.69, 9.17) is 4.74 Å². The Hall–Kier alpha value is -3.15. The number of carbonyl (C=O) groups is 3. The van der Waals surface area contributed by atoms with Gasteiger partial charge in [-0.3, -0.25) is 9.59 Å². The van der Waals surface area contributed by atoms with Crippen molar-refractivity contribution in [2.45, 2.75) is 19.8 Å². The summed E-state index contributed by atoms with van der Waals surface area (Å²) in [6.07, 6.45) is 1.84. The number of hydrogen-bond acceptors (Lipinski definition) is 4. The Balaban J connectivity index is 1.69. The molecule has 1 saturated carbocycles. The first-order chi connectivity index (χ1) is 12.6. The van der Waals surface area contributed by atoms with Crippen LogP contribution in [-0.4, -0.2) is 24.4 Å². The highest BCUT2D eigenvalue weighted by Gasteiger charge is 2.29. The highest BCUT2D eigenvalue weighted by Crippen LogP contribution is 2.30. The van der Waals surface area contributed by atoms with Crippen molar-refractivity contribution < 1.29 is 19.1 Å². The maximum Gasteiger partial charge on any atom is 0.338 e. The van der Waals surface area contributed by atoms with E-state index in [1.54, 1.807) is 55.5 Å². The van der Waals surface area contributed by atoms with E-state index in [0.717, 1.165) is 12.8 Å². The Morgan fingerprint density at radius 1 is 0.962 bits per heavy atom. The van der Waals surface area contributed by atoms with Crippen LogP contribution in [0.4, 0.5) is 11.4 Å². The lowest BCUT2D eigenvalue weighted by molar-refractivity contribution is -0.117. The van der Waals surface area contributed by atoms with Crippen LogP contribution in [0.15, 0.2) is 48.5 Å². The maximum atomic E-state index is 12.5. The monoisotopic (exact) mass is 352 g/mol. The van der Waals surface area contributed by atoms with Crippen LogP contribution in [0, 0.1) is 5.92 Å². The van der Waals surface area contributed by atoms with Gasteiger partial charge in [-0.25, -0.2) is 4.79 Å². The summed E-state index contributed by atoms with van der Waals surface area (Å²) in [5.74, 6) is -0.676. The molecule has 6 nitrogen and oxygen atoms in total. The average Bonchev–Trinajstić information content (AvgIpc) is 3.47. The summed E-state index contributed by atoms with van der Waals surface area (Å²) in [6.45, 7) is 2.02. The smallest absolute Gasteiger partial charge is 0.338 e. The molecule has 0 unspecified atom stereocenters. The van der Waals surface area contributed by atoms with Crippen molar-refractivity contribution in [3.8, 4) is 0 Å². The molecule has 3 rings (SSSR count). The molecule has 2 aromatic rings. The van der Waals surface area contributed by atoms with Crippen LogP contribution in [0.2, 0.25) is 0 Å². The summed E-state index contributed by atoms with van der Waals surface area (Å²) in [7, 11) is 0. The molecule has 0 aromatic heterocycles. The van der Waals surface area contributed by atoms with Gasteiger partial charge in [0.15, 0.2) is 0 Å². The van der Waals surface area contributed by atoms with E-state index in [1.807, 2.05) is 0 Å². The Morgan fingerprint density at radius 2 is 1.58 bits per heavy atom. The predicted molar refractivity (Wildman–Crippen MR) is 98.1 cm³/mol. The van der Waals surface area contributed by atoms with Crippen LogP contribution in [0.5, 0.6) is 0 Å². The van der Waals surface area contributed by atoms with Gasteiger partial charge in [-0.1, -0.05) is 12.1 Å². The normalized spacial score (nSPS) is 13.0. The third-order valence-electron chi connectivity index (χ3n) is 3.97. The van der Waals surface area contributed by atoms with Crippen molar-refractivity contribution in [1.82, 2.24) is 0 Å². The molecule has 0 atom stereocenters. The van der Waals surface area contributed by atoms with Gasteiger partial charge in [0.25, 0.3) is 5.91 Å². The second kappa shape index (κ2) is 7.82. The minimum atomic E-state index is -0.437. The largest absolute Gasteiger partial charge is 0.462 e. The molecule has 0 heterocycles. The second-order valence-electron chi connectivity index (χ2n) is 6.10. The molecule has 0 bridgehead atoms. The summed E-state index contributed by atoms with van der Waals surface area (Å²) in [4.78, 5) is 36.1. The van der Waals surface area contributed by atoms with Crippen molar-refractivity contribution in [2.75, 3.05) is 17.2 Å². The summed E-state index contributed by atoms with van der Waals surface area (Å²) >= 11 is 0. The molecule has 134 valence electrons. The third kappa shape index (κ3) is 4.47. The van der Waals surface area contributed by atoms with Gasteiger partial charge in [-0.2, -0.15) is 0 Å². The van der Waals surface area contributed by atoms with Crippen LogP contribution in [0.1, 0.15) is 40.5 Å². The fourth-order valence-electron chi connectivity index (χ4n) is 2.47. The van der Waals surface area contributed by atoms with Gasteiger partial charge in [-0.15, -0.1) is 0 Å². The molecule has 6 heteroatoms. The van der Waals surface area contributed by atoms with Gasteiger partial charge < -0.3 is 15.4 Å². The maximum absolute atomic E-state index is 12.5. The zero-order valence-electron chi connectivity index (χ0n) is 14.5. The Morgan fingerprint density at radius 3 is 2.23 bits per heavy atom. The number of esters is 1. The van der Waals surface area contributed by atoms with Gasteiger partial charge in [0.1, 0.15) is 0 Å². The zero-order valence-corrected chi connectivity index (χ0v) is 14.5. The van der Waals surface area contributed by atoms with Crippen molar-refractivity contribution >= 4 is 29.2 Å². The molecule has 2 aromatic carbocycles. The molecule has 1 aliphatic rings. The highest BCUT2D eigenvalue weighted by molar-refractivity contribution is 6.06. The lowest BCUT2D eigenvalue weighted by atomic mass is 10.1. The minimum Gasteiger partial charge on any atom is -0.462 e. The fourth-order valence-corrected chi connectivity index (χ4v) is 2.47. The molecule has 1 fully saturated rings. The predicted octanol–water partition coefficient (Wildman–Crippen LogP) is 3.46. The number of ether oxygens (including phenoxy) is 1. The third-order valence-corrected chi connectivity index (χ3v) is 3.97. The first-order valence-corrected chi connectivity index (χ1v) is 8.56. The summed E-state index contributed by atoms with van der Waals surface area (Å²) in [6, 6.07) is 13.3. The second-order valence-corrected chi connectivity index (χ2v) is 6.10. The van der Waals surface area contributed by atoms with Crippen LogP contribution in [-0.2, 0) is 9.53 Å². The molecule has 2 amide bonds. The standard InChI is InChI=1S/C20H20N2O4/c1-2-26-20(25)15-6-4-8-17(12-15)22-19(24)14-5-3-7-16(11-14)21-18(23)13-9-10-13/h3-8,11-13H,2,9-10H2,1H3,(H,21,23)(H,22,24). The quantitative estimate of drug-likeness (QED) is 0.780. The molecule has 0 radical (unpaired) electrons. The fraction of sp³-hybridized carbons (Fsp3) is 0.250. The van der Waals surface area contributed by atoms with Crippen LogP contribution in [0.25, 0.3) is 0 Å². The summed E-state index contributed by atoms with van der Waals surface area (Å²) < 4.78 is 4.96.